The molecule has 0 aliphatic carbocycles. The van der Waals surface area contributed by atoms with Crippen LogP contribution >= 0.6 is 34.8 Å². The molecule has 0 aliphatic heterocycles. The number of oxazole rings is 1. The van der Waals surface area contributed by atoms with E-state index in [-0.39, 0.29) is 12.3 Å². The van der Waals surface area contributed by atoms with Crippen LogP contribution in [0, 0.1) is 6.92 Å². The van der Waals surface area contributed by atoms with E-state index in [1.165, 1.54) is 6.07 Å². The van der Waals surface area contributed by atoms with E-state index in [1.54, 1.807) is 19.1 Å². The number of alkyl halides is 3. The maximum absolute atomic E-state index is 12.4. The Bertz CT molecular complexity index is 1060. The Balaban J connectivity index is 1.74. The van der Waals surface area contributed by atoms with Crippen molar-refractivity contribution in [2.75, 3.05) is 18.6 Å². The number of carbonyl (C=O) groups is 2. The molecule has 0 spiro atoms. The van der Waals surface area contributed by atoms with Crippen LogP contribution in [0.2, 0.25) is 0 Å². The van der Waals surface area contributed by atoms with Crippen LogP contribution in [0.5, 0.6) is 5.75 Å². The molecular weight excluding hydrogens is 471 g/mol. The SMILES string of the molecule is COC(=O)N(C(=O)OCC(Cl)(Cl)Cl)c1ccc(OCc2nc3ccccc3o2)cc1C. The van der Waals surface area contributed by atoms with Crippen LogP contribution in [-0.2, 0) is 16.1 Å². The Hall–Kier alpha value is -2.68. The molecular formula is C20H17Cl3N2O6. The highest BCUT2D eigenvalue weighted by Crippen LogP contribution is 2.29. The second-order valence-corrected chi connectivity index (χ2v) is 8.80. The Labute approximate surface area is 192 Å². The molecule has 0 atom stereocenters. The van der Waals surface area contributed by atoms with Gasteiger partial charge in [0.25, 0.3) is 0 Å². The van der Waals surface area contributed by atoms with Crippen molar-refractivity contribution < 1.29 is 28.2 Å². The monoisotopic (exact) mass is 486 g/mol. The summed E-state index contributed by atoms with van der Waals surface area (Å²) in [6.07, 6.45) is -2.01. The van der Waals surface area contributed by atoms with Crippen LogP contribution in [0.3, 0.4) is 0 Å². The number of methoxy groups -OCH3 is 1. The standard InChI is InChI=1S/C20H17Cl3N2O6/c1-12-9-13(29-10-17-24-14-5-3-4-6-16(14)31-17)7-8-15(12)25(18(26)28-2)19(27)30-11-20(21,22)23/h3-9H,10-11H2,1-2H3. The molecule has 164 valence electrons. The fourth-order valence-electron chi connectivity index (χ4n) is 2.67. The number of halogens is 3. The summed E-state index contributed by atoms with van der Waals surface area (Å²) in [6.45, 7) is 1.23. The number of rotatable bonds is 5. The van der Waals surface area contributed by atoms with Crippen molar-refractivity contribution >= 4 is 63.8 Å². The first-order valence-corrected chi connectivity index (χ1v) is 10.0. The fraction of sp³-hybridized carbons (Fsp3) is 0.250. The summed E-state index contributed by atoms with van der Waals surface area (Å²) >= 11 is 16.8. The average molecular weight is 488 g/mol. The molecule has 0 fully saturated rings. The molecule has 1 heterocycles. The van der Waals surface area contributed by atoms with E-state index in [2.05, 4.69) is 9.72 Å². The minimum absolute atomic E-state index is 0.0967. The van der Waals surface area contributed by atoms with E-state index in [0.717, 1.165) is 12.6 Å². The van der Waals surface area contributed by atoms with Gasteiger partial charge in [-0.2, -0.15) is 4.90 Å². The zero-order valence-corrected chi connectivity index (χ0v) is 18.7. The van der Waals surface area contributed by atoms with Crippen LogP contribution in [0.1, 0.15) is 11.5 Å². The third-order valence-electron chi connectivity index (χ3n) is 4.01. The van der Waals surface area contributed by atoms with Crippen LogP contribution in [0.25, 0.3) is 11.1 Å². The first-order chi connectivity index (χ1) is 14.7. The lowest BCUT2D eigenvalue weighted by Crippen LogP contribution is -2.39. The highest BCUT2D eigenvalue weighted by atomic mass is 35.6. The van der Waals surface area contributed by atoms with Gasteiger partial charge in [-0.15, -0.1) is 0 Å². The topological polar surface area (TPSA) is 91.1 Å². The van der Waals surface area contributed by atoms with E-state index < -0.39 is 22.6 Å². The van der Waals surface area contributed by atoms with Crippen molar-refractivity contribution in [1.82, 2.24) is 4.98 Å². The smallest absolute Gasteiger partial charge is 0.424 e. The van der Waals surface area contributed by atoms with Crippen LogP contribution < -0.4 is 9.64 Å². The first kappa shape index (κ1) is 23.0. The van der Waals surface area contributed by atoms with Gasteiger partial charge in [-0.3, -0.25) is 0 Å². The van der Waals surface area contributed by atoms with Gasteiger partial charge in [0.1, 0.15) is 17.9 Å². The van der Waals surface area contributed by atoms with Crippen molar-refractivity contribution in [2.24, 2.45) is 0 Å². The molecule has 3 rings (SSSR count). The van der Waals surface area contributed by atoms with E-state index in [0.29, 0.717) is 27.7 Å². The van der Waals surface area contributed by atoms with E-state index in [9.17, 15) is 9.59 Å². The molecule has 3 aromatic rings. The minimum Gasteiger partial charge on any atom is -0.484 e. The van der Waals surface area contributed by atoms with Gasteiger partial charge in [-0.1, -0.05) is 46.9 Å². The summed E-state index contributed by atoms with van der Waals surface area (Å²) in [4.78, 5) is 29.6. The molecule has 2 amide bonds. The largest absolute Gasteiger partial charge is 0.484 e. The number of nitrogens with zero attached hydrogens (tertiary/aromatic N) is 2. The molecule has 0 aliphatic rings. The van der Waals surface area contributed by atoms with Crippen molar-refractivity contribution in [3.63, 3.8) is 0 Å². The summed E-state index contributed by atoms with van der Waals surface area (Å²) in [7, 11) is 1.13. The summed E-state index contributed by atoms with van der Waals surface area (Å²) < 4.78 is 19.1. The summed E-state index contributed by atoms with van der Waals surface area (Å²) in [5, 5.41) is 0. The van der Waals surface area contributed by atoms with Crippen molar-refractivity contribution in [3.05, 3.63) is 53.9 Å². The third-order valence-corrected chi connectivity index (χ3v) is 4.34. The number of hydrogen-bond donors (Lipinski definition) is 0. The summed E-state index contributed by atoms with van der Waals surface area (Å²) in [5.74, 6) is 0.886. The number of ether oxygens (including phenoxy) is 3. The number of fused-ring (bicyclic) bond motifs is 1. The zero-order valence-electron chi connectivity index (χ0n) is 16.4. The van der Waals surface area contributed by atoms with Crippen molar-refractivity contribution in [2.45, 2.75) is 17.3 Å². The quantitative estimate of drug-likeness (QED) is 0.420. The minimum atomic E-state index is -1.82. The molecule has 1 aromatic heterocycles. The zero-order chi connectivity index (χ0) is 22.6. The second-order valence-electron chi connectivity index (χ2n) is 6.29. The predicted octanol–water partition coefficient (Wildman–Crippen LogP) is 5.79. The number of amides is 2. The van der Waals surface area contributed by atoms with Gasteiger partial charge in [0.05, 0.1) is 12.8 Å². The molecule has 2 aromatic carbocycles. The maximum Gasteiger partial charge on any atom is 0.424 e. The maximum atomic E-state index is 12.4. The molecule has 0 saturated heterocycles. The van der Waals surface area contributed by atoms with Crippen molar-refractivity contribution in [1.29, 1.82) is 0 Å². The fourth-order valence-corrected chi connectivity index (χ4v) is 2.83. The van der Waals surface area contributed by atoms with Gasteiger partial charge in [-0.05, 0) is 42.8 Å². The lowest BCUT2D eigenvalue weighted by Gasteiger charge is -2.22. The van der Waals surface area contributed by atoms with Gasteiger partial charge in [0, 0.05) is 0 Å². The van der Waals surface area contributed by atoms with E-state index in [1.807, 2.05) is 24.3 Å². The van der Waals surface area contributed by atoms with Gasteiger partial charge >= 0.3 is 12.2 Å². The number of hydrogen-bond acceptors (Lipinski definition) is 7. The number of aryl methyl sites for hydroxylation is 1. The Morgan fingerprint density at radius 1 is 1.13 bits per heavy atom. The van der Waals surface area contributed by atoms with Gasteiger partial charge in [-0.25, -0.2) is 14.6 Å². The number of carbonyl (C=O) groups excluding carboxylic acids is 2. The van der Waals surface area contributed by atoms with Gasteiger partial charge in [0.2, 0.25) is 9.68 Å². The lowest BCUT2D eigenvalue weighted by molar-refractivity contribution is 0.145. The van der Waals surface area contributed by atoms with Crippen LogP contribution in [-0.4, -0.2) is 34.7 Å². The van der Waals surface area contributed by atoms with Crippen molar-refractivity contribution in [3.8, 4) is 5.75 Å². The Kier molecular flexibility index (Phi) is 7.15. The number of para-hydroxylation sites is 2. The molecule has 0 radical (unpaired) electrons. The average Bonchev–Trinajstić information content (AvgIpc) is 3.14. The number of imide groups is 1. The van der Waals surface area contributed by atoms with Gasteiger partial charge in [0.15, 0.2) is 12.2 Å². The molecule has 0 unspecified atom stereocenters. The Morgan fingerprint density at radius 2 is 1.87 bits per heavy atom. The van der Waals surface area contributed by atoms with Gasteiger partial charge < -0.3 is 18.6 Å². The highest BCUT2D eigenvalue weighted by Gasteiger charge is 2.30. The number of benzene rings is 2. The summed E-state index contributed by atoms with van der Waals surface area (Å²) in [6, 6.07) is 12.1. The Morgan fingerprint density at radius 3 is 2.52 bits per heavy atom. The predicted molar refractivity (Wildman–Crippen MR) is 116 cm³/mol. The third kappa shape index (κ3) is 5.94. The lowest BCUT2D eigenvalue weighted by atomic mass is 10.2. The van der Waals surface area contributed by atoms with E-state index in [4.69, 9.17) is 48.7 Å². The molecule has 0 bridgehead atoms. The number of aromatic nitrogens is 1. The second kappa shape index (κ2) is 9.64. The van der Waals surface area contributed by atoms with Crippen LogP contribution in [0.4, 0.5) is 15.3 Å². The first-order valence-electron chi connectivity index (χ1n) is 8.87. The normalized spacial score (nSPS) is 11.3. The molecule has 31 heavy (non-hydrogen) atoms. The summed E-state index contributed by atoms with van der Waals surface area (Å²) in [5.41, 5.74) is 2.14. The number of anilines is 1. The highest BCUT2D eigenvalue weighted by molar-refractivity contribution is 6.67. The molecule has 0 N–H and O–H groups in total. The van der Waals surface area contributed by atoms with E-state index >= 15 is 0 Å². The molecule has 11 heteroatoms. The van der Waals surface area contributed by atoms with Crippen LogP contribution in [0.15, 0.2) is 46.9 Å². The molecule has 0 saturated carbocycles. The molecule has 8 nitrogen and oxygen atoms in total.